The lowest BCUT2D eigenvalue weighted by Gasteiger charge is -2.31. The van der Waals surface area contributed by atoms with E-state index in [2.05, 4.69) is 31.5 Å². The van der Waals surface area contributed by atoms with Crippen LogP contribution in [0.1, 0.15) is 46.5 Å². The Bertz CT molecular complexity index is 499. The summed E-state index contributed by atoms with van der Waals surface area (Å²) in [7, 11) is 0. The van der Waals surface area contributed by atoms with Crippen molar-refractivity contribution in [2.75, 3.05) is 5.32 Å². The fourth-order valence-corrected chi connectivity index (χ4v) is 2.86. The molecule has 6 heteroatoms. The first-order valence-electron chi connectivity index (χ1n) is 7.69. The third-order valence-corrected chi connectivity index (χ3v) is 3.96. The van der Waals surface area contributed by atoms with Gasteiger partial charge in [0, 0.05) is 12.1 Å². The average molecular weight is 370 g/mol. The van der Waals surface area contributed by atoms with Gasteiger partial charge >= 0.3 is 6.09 Å². The molecule has 2 atom stereocenters. The molecule has 0 spiro atoms. The number of amides is 1. The Labute approximate surface area is 140 Å². The Balaban J connectivity index is 1.83. The van der Waals surface area contributed by atoms with Gasteiger partial charge in [-0.05, 0) is 74.5 Å². The number of alkyl carbamates (subject to hydrolysis) is 1. The van der Waals surface area contributed by atoms with Gasteiger partial charge in [-0.25, -0.2) is 9.78 Å². The smallest absolute Gasteiger partial charge is 0.407 e. The highest BCUT2D eigenvalue weighted by Crippen LogP contribution is 2.23. The van der Waals surface area contributed by atoms with Crippen molar-refractivity contribution in [3.63, 3.8) is 0 Å². The van der Waals surface area contributed by atoms with Crippen molar-refractivity contribution >= 4 is 27.7 Å². The zero-order valence-electron chi connectivity index (χ0n) is 13.4. The summed E-state index contributed by atoms with van der Waals surface area (Å²) in [5, 5.41) is 6.46. The van der Waals surface area contributed by atoms with Crippen LogP contribution < -0.4 is 10.6 Å². The molecule has 1 amide bonds. The predicted octanol–water partition coefficient (Wildman–Crippen LogP) is 4.09. The molecule has 0 bridgehead atoms. The number of anilines is 1. The third-order valence-electron chi connectivity index (χ3n) is 3.49. The van der Waals surface area contributed by atoms with Crippen molar-refractivity contribution in [3.05, 3.63) is 22.9 Å². The molecule has 1 fully saturated rings. The van der Waals surface area contributed by atoms with Gasteiger partial charge in [0.1, 0.15) is 10.2 Å². The normalized spacial score (nSPS) is 22.0. The summed E-state index contributed by atoms with van der Waals surface area (Å²) in [5.41, 5.74) is 0.547. The largest absolute Gasteiger partial charge is 0.444 e. The number of nitrogens with zero attached hydrogens (tertiary/aromatic N) is 1. The summed E-state index contributed by atoms with van der Waals surface area (Å²) in [4.78, 5) is 16.1. The monoisotopic (exact) mass is 369 g/mol. The number of carbonyl (C=O) groups is 1. The van der Waals surface area contributed by atoms with Crippen LogP contribution in [0.4, 0.5) is 10.5 Å². The molecule has 2 unspecified atom stereocenters. The standard InChI is InChI=1S/C16H24BrN3O2/c1-16(2,3)22-15(21)20-12-6-4-5-11(9-12)19-13-7-8-14(17)18-10-13/h7-8,10-12,19H,4-6,9H2,1-3H3,(H,20,21). The lowest BCUT2D eigenvalue weighted by Crippen LogP contribution is -2.43. The number of pyridine rings is 1. The zero-order chi connectivity index (χ0) is 16.2. The van der Waals surface area contributed by atoms with Gasteiger partial charge in [0.2, 0.25) is 0 Å². The number of aromatic nitrogens is 1. The van der Waals surface area contributed by atoms with Crippen LogP contribution in [0.25, 0.3) is 0 Å². The van der Waals surface area contributed by atoms with Crippen LogP contribution in [0.3, 0.4) is 0 Å². The van der Waals surface area contributed by atoms with Gasteiger partial charge in [-0.2, -0.15) is 0 Å². The number of hydrogen-bond donors (Lipinski definition) is 2. The maximum atomic E-state index is 11.9. The van der Waals surface area contributed by atoms with Crippen LogP contribution in [-0.2, 0) is 4.74 Å². The summed E-state index contributed by atoms with van der Waals surface area (Å²) in [6.45, 7) is 5.62. The first-order valence-corrected chi connectivity index (χ1v) is 8.49. The Morgan fingerprint density at radius 2 is 2.05 bits per heavy atom. The van der Waals surface area contributed by atoms with E-state index in [0.29, 0.717) is 6.04 Å². The molecule has 1 aliphatic rings. The number of nitrogens with one attached hydrogen (secondary N) is 2. The minimum atomic E-state index is -0.459. The Kier molecular flexibility index (Phi) is 5.67. The van der Waals surface area contributed by atoms with Crippen molar-refractivity contribution in [2.24, 2.45) is 0 Å². The highest BCUT2D eigenvalue weighted by molar-refractivity contribution is 9.10. The van der Waals surface area contributed by atoms with Gasteiger partial charge in [0.15, 0.2) is 0 Å². The highest BCUT2D eigenvalue weighted by atomic mass is 79.9. The van der Waals surface area contributed by atoms with E-state index in [1.807, 2.05) is 39.1 Å². The molecule has 1 aromatic rings. The fraction of sp³-hybridized carbons (Fsp3) is 0.625. The van der Waals surface area contributed by atoms with Crippen molar-refractivity contribution in [3.8, 4) is 0 Å². The molecule has 0 aliphatic heterocycles. The van der Waals surface area contributed by atoms with Gasteiger partial charge in [-0.15, -0.1) is 0 Å². The molecule has 0 radical (unpaired) electrons. The SMILES string of the molecule is CC(C)(C)OC(=O)NC1CCCC(Nc2ccc(Br)nc2)C1. The molecule has 1 aliphatic carbocycles. The third kappa shape index (κ3) is 5.83. The summed E-state index contributed by atoms with van der Waals surface area (Å²) in [6, 6.07) is 4.42. The molecule has 1 aromatic heterocycles. The van der Waals surface area contributed by atoms with Crippen LogP contribution in [-0.4, -0.2) is 28.8 Å². The second kappa shape index (κ2) is 7.31. The molecule has 1 saturated carbocycles. The topological polar surface area (TPSA) is 63.2 Å². The minimum absolute atomic E-state index is 0.157. The molecular weight excluding hydrogens is 346 g/mol. The molecule has 5 nitrogen and oxygen atoms in total. The van der Waals surface area contributed by atoms with E-state index in [-0.39, 0.29) is 12.1 Å². The van der Waals surface area contributed by atoms with Gasteiger partial charge in [0.05, 0.1) is 11.9 Å². The molecule has 1 heterocycles. The van der Waals surface area contributed by atoms with Gasteiger partial charge < -0.3 is 15.4 Å². The van der Waals surface area contributed by atoms with E-state index < -0.39 is 5.60 Å². The van der Waals surface area contributed by atoms with Crippen LogP contribution in [0.15, 0.2) is 22.9 Å². The Morgan fingerprint density at radius 1 is 1.32 bits per heavy atom. The second-order valence-corrected chi connectivity index (χ2v) is 7.53. The molecule has 2 rings (SSSR count). The predicted molar refractivity (Wildman–Crippen MR) is 91.0 cm³/mol. The maximum absolute atomic E-state index is 11.9. The molecule has 0 saturated heterocycles. The molecule has 122 valence electrons. The maximum Gasteiger partial charge on any atom is 0.407 e. The van der Waals surface area contributed by atoms with E-state index in [0.717, 1.165) is 36.0 Å². The minimum Gasteiger partial charge on any atom is -0.444 e. The Hall–Kier alpha value is -1.30. The number of rotatable bonds is 3. The number of carbonyl (C=O) groups excluding carboxylic acids is 1. The summed E-state index contributed by atoms with van der Waals surface area (Å²) in [6.07, 6.45) is 5.56. The first-order chi connectivity index (χ1) is 10.3. The number of ether oxygens (including phenoxy) is 1. The highest BCUT2D eigenvalue weighted by Gasteiger charge is 2.25. The molecule has 22 heavy (non-hydrogen) atoms. The number of halogens is 1. The Morgan fingerprint density at radius 3 is 2.68 bits per heavy atom. The lowest BCUT2D eigenvalue weighted by atomic mass is 9.91. The van der Waals surface area contributed by atoms with Crippen molar-refractivity contribution in [2.45, 2.75) is 64.1 Å². The van der Waals surface area contributed by atoms with Crippen molar-refractivity contribution in [1.82, 2.24) is 10.3 Å². The van der Waals surface area contributed by atoms with Crippen molar-refractivity contribution in [1.29, 1.82) is 0 Å². The molecular formula is C16H24BrN3O2. The van der Waals surface area contributed by atoms with Crippen LogP contribution in [0.2, 0.25) is 0 Å². The summed E-state index contributed by atoms with van der Waals surface area (Å²) in [5.74, 6) is 0. The van der Waals surface area contributed by atoms with Gasteiger partial charge in [-0.1, -0.05) is 0 Å². The summed E-state index contributed by atoms with van der Waals surface area (Å²) >= 11 is 3.33. The summed E-state index contributed by atoms with van der Waals surface area (Å²) < 4.78 is 6.15. The van der Waals surface area contributed by atoms with E-state index in [4.69, 9.17) is 4.74 Å². The second-order valence-electron chi connectivity index (χ2n) is 6.72. The van der Waals surface area contributed by atoms with Crippen LogP contribution >= 0.6 is 15.9 Å². The van der Waals surface area contributed by atoms with Crippen LogP contribution in [0, 0.1) is 0 Å². The fourth-order valence-electron chi connectivity index (χ4n) is 2.62. The van der Waals surface area contributed by atoms with Crippen molar-refractivity contribution < 1.29 is 9.53 Å². The first kappa shape index (κ1) is 17.1. The molecule has 2 N–H and O–H groups in total. The molecule has 0 aromatic carbocycles. The average Bonchev–Trinajstić information content (AvgIpc) is 2.39. The van der Waals surface area contributed by atoms with Crippen LogP contribution in [0.5, 0.6) is 0 Å². The van der Waals surface area contributed by atoms with E-state index in [9.17, 15) is 4.79 Å². The van der Waals surface area contributed by atoms with Gasteiger partial charge in [-0.3, -0.25) is 0 Å². The lowest BCUT2D eigenvalue weighted by molar-refractivity contribution is 0.0492. The van der Waals surface area contributed by atoms with E-state index >= 15 is 0 Å². The zero-order valence-corrected chi connectivity index (χ0v) is 14.9. The van der Waals surface area contributed by atoms with E-state index in [1.54, 1.807) is 0 Å². The number of hydrogen-bond acceptors (Lipinski definition) is 4. The van der Waals surface area contributed by atoms with Gasteiger partial charge in [0.25, 0.3) is 0 Å². The van der Waals surface area contributed by atoms with E-state index in [1.165, 1.54) is 0 Å². The quantitative estimate of drug-likeness (QED) is 0.787.